The SMILES string of the molecule is F[C@H](CBr)Cc1cccc2ccccc12. The van der Waals surface area contributed by atoms with E-state index in [0.717, 1.165) is 10.9 Å². The van der Waals surface area contributed by atoms with Gasteiger partial charge in [0.15, 0.2) is 0 Å². The average Bonchev–Trinajstić information content (AvgIpc) is 2.29. The standard InChI is InChI=1S/C13H12BrF/c14-9-12(15)8-11-6-3-5-10-4-1-2-7-13(10)11/h1-7,12H,8-9H2/t12-/m0/s1. The van der Waals surface area contributed by atoms with Gasteiger partial charge in [0.1, 0.15) is 6.17 Å². The molecule has 15 heavy (non-hydrogen) atoms. The summed E-state index contributed by atoms with van der Waals surface area (Å²) in [5.41, 5.74) is 1.08. The molecule has 0 saturated carbocycles. The molecule has 2 aromatic rings. The van der Waals surface area contributed by atoms with Crippen LogP contribution in [0.3, 0.4) is 0 Å². The lowest BCUT2D eigenvalue weighted by molar-refractivity contribution is 0.369. The third-order valence-corrected chi connectivity index (χ3v) is 3.19. The Morgan fingerprint density at radius 3 is 2.60 bits per heavy atom. The van der Waals surface area contributed by atoms with Gasteiger partial charge in [0, 0.05) is 11.8 Å². The highest BCUT2D eigenvalue weighted by atomic mass is 79.9. The fourth-order valence-electron chi connectivity index (χ4n) is 1.76. The lowest BCUT2D eigenvalue weighted by Crippen LogP contribution is -2.05. The van der Waals surface area contributed by atoms with Crippen LogP contribution in [0.2, 0.25) is 0 Å². The summed E-state index contributed by atoms with van der Waals surface area (Å²) in [6.45, 7) is 0. The molecular weight excluding hydrogens is 255 g/mol. The molecule has 2 aromatic carbocycles. The van der Waals surface area contributed by atoms with Gasteiger partial charge >= 0.3 is 0 Å². The number of hydrogen-bond donors (Lipinski definition) is 0. The third-order valence-electron chi connectivity index (χ3n) is 2.49. The number of alkyl halides is 2. The van der Waals surface area contributed by atoms with Gasteiger partial charge < -0.3 is 0 Å². The maximum atomic E-state index is 13.3. The van der Waals surface area contributed by atoms with Crippen LogP contribution in [0, 0.1) is 0 Å². The highest BCUT2D eigenvalue weighted by molar-refractivity contribution is 9.09. The lowest BCUT2D eigenvalue weighted by atomic mass is 10.0. The zero-order valence-electron chi connectivity index (χ0n) is 8.29. The minimum Gasteiger partial charge on any atom is -0.246 e. The first-order valence-electron chi connectivity index (χ1n) is 4.98. The molecule has 0 aromatic heterocycles. The van der Waals surface area contributed by atoms with Crippen LogP contribution < -0.4 is 0 Å². The van der Waals surface area contributed by atoms with E-state index in [-0.39, 0.29) is 0 Å². The normalized spacial score (nSPS) is 12.9. The average molecular weight is 267 g/mol. The Hall–Kier alpha value is -0.890. The van der Waals surface area contributed by atoms with Gasteiger partial charge in [-0.2, -0.15) is 0 Å². The fourth-order valence-corrected chi connectivity index (χ4v) is 1.99. The molecule has 1 atom stereocenters. The minimum atomic E-state index is -0.809. The van der Waals surface area contributed by atoms with Gasteiger partial charge in [-0.25, -0.2) is 4.39 Å². The molecule has 0 radical (unpaired) electrons. The molecule has 0 aliphatic rings. The number of halogens is 2. The highest BCUT2D eigenvalue weighted by Crippen LogP contribution is 2.20. The third kappa shape index (κ3) is 2.37. The maximum Gasteiger partial charge on any atom is 0.114 e. The van der Waals surface area contributed by atoms with Crippen molar-refractivity contribution in [3.8, 4) is 0 Å². The van der Waals surface area contributed by atoms with E-state index in [1.165, 1.54) is 5.39 Å². The molecule has 0 spiro atoms. The molecule has 0 unspecified atom stereocenters. The van der Waals surface area contributed by atoms with Crippen molar-refractivity contribution < 1.29 is 4.39 Å². The Labute approximate surface area is 97.2 Å². The second-order valence-corrected chi connectivity index (χ2v) is 4.24. The fraction of sp³-hybridized carbons (Fsp3) is 0.231. The molecule has 0 N–H and O–H groups in total. The van der Waals surface area contributed by atoms with Crippen molar-refractivity contribution in [3.63, 3.8) is 0 Å². The van der Waals surface area contributed by atoms with Crippen molar-refractivity contribution >= 4 is 26.7 Å². The van der Waals surface area contributed by atoms with Gasteiger partial charge in [0.05, 0.1) is 0 Å². The molecule has 0 fully saturated rings. The van der Waals surface area contributed by atoms with Crippen LogP contribution in [0.25, 0.3) is 10.8 Å². The van der Waals surface area contributed by atoms with E-state index in [1.54, 1.807) is 0 Å². The molecule has 0 aliphatic carbocycles. The largest absolute Gasteiger partial charge is 0.246 e. The second-order valence-electron chi connectivity index (χ2n) is 3.59. The van der Waals surface area contributed by atoms with E-state index in [1.807, 2.05) is 30.3 Å². The monoisotopic (exact) mass is 266 g/mol. The highest BCUT2D eigenvalue weighted by Gasteiger charge is 2.07. The Balaban J connectivity index is 2.42. The molecule has 0 bridgehead atoms. The van der Waals surface area contributed by atoms with Crippen molar-refractivity contribution in [2.45, 2.75) is 12.6 Å². The Bertz CT molecular complexity index is 448. The Morgan fingerprint density at radius 2 is 1.80 bits per heavy atom. The predicted octanol–water partition coefficient (Wildman–Crippen LogP) is 4.12. The zero-order chi connectivity index (χ0) is 10.7. The molecule has 2 rings (SSSR count). The zero-order valence-corrected chi connectivity index (χ0v) is 9.87. The van der Waals surface area contributed by atoms with E-state index in [9.17, 15) is 4.39 Å². The molecule has 0 nitrogen and oxygen atoms in total. The Morgan fingerprint density at radius 1 is 1.07 bits per heavy atom. The number of benzene rings is 2. The first-order chi connectivity index (χ1) is 7.31. The summed E-state index contributed by atoms with van der Waals surface area (Å²) >= 11 is 3.16. The van der Waals surface area contributed by atoms with Gasteiger partial charge in [-0.3, -0.25) is 0 Å². The molecule has 0 amide bonds. The summed E-state index contributed by atoms with van der Waals surface area (Å²) in [5.74, 6) is 0. The first kappa shape index (κ1) is 10.6. The van der Waals surface area contributed by atoms with Crippen LogP contribution in [0.4, 0.5) is 4.39 Å². The summed E-state index contributed by atoms with van der Waals surface area (Å²) in [7, 11) is 0. The number of fused-ring (bicyclic) bond motifs is 1. The van der Waals surface area contributed by atoms with Crippen molar-refractivity contribution in [1.29, 1.82) is 0 Å². The van der Waals surface area contributed by atoms with Crippen LogP contribution >= 0.6 is 15.9 Å². The summed E-state index contributed by atoms with van der Waals surface area (Å²) in [4.78, 5) is 0. The van der Waals surface area contributed by atoms with E-state index in [4.69, 9.17) is 0 Å². The molecule has 2 heteroatoms. The quantitative estimate of drug-likeness (QED) is 0.734. The smallest absolute Gasteiger partial charge is 0.114 e. The number of hydrogen-bond acceptors (Lipinski definition) is 0. The molecule has 0 aliphatic heterocycles. The van der Waals surface area contributed by atoms with Crippen LogP contribution in [-0.2, 0) is 6.42 Å². The van der Waals surface area contributed by atoms with Crippen molar-refractivity contribution in [3.05, 3.63) is 48.0 Å². The molecule has 78 valence electrons. The van der Waals surface area contributed by atoms with Crippen molar-refractivity contribution in [1.82, 2.24) is 0 Å². The number of rotatable bonds is 3. The van der Waals surface area contributed by atoms with E-state index < -0.39 is 6.17 Å². The molecule has 0 heterocycles. The minimum absolute atomic E-state index is 0.399. The summed E-state index contributed by atoms with van der Waals surface area (Å²) in [6, 6.07) is 14.1. The maximum absolute atomic E-state index is 13.3. The van der Waals surface area contributed by atoms with Crippen LogP contribution in [0.1, 0.15) is 5.56 Å². The van der Waals surface area contributed by atoms with E-state index >= 15 is 0 Å². The predicted molar refractivity (Wildman–Crippen MR) is 66.3 cm³/mol. The van der Waals surface area contributed by atoms with Crippen molar-refractivity contribution in [2.75, 3.05) is 5.33 Å². The van der Waals surface area contributed by atoms with Crippen LogP contribution in [0.5, 0.6) is 0 Å². The van der Waals surface area contributed by atoms with Crippen molar-refractivity contribution in [2.24, 2.45) is 0 Å². The summed E-state index contributed by atoms with van der Waals surface area (Å²) in [6.07, 6.45) is -0.331. The molecule has 0 saturated heterocycles. The van der Waals surface area contributed by atoms with Gasteiger partial charge in [-0.1, -0.05) is 58.4 Å². The van der Waals surface area contributed by atoms with Gasteiger partial charge in [-0.15, -0.1) is 0 Å². The van der Waals surface area contributed by atoms with Crippen LogP contribution in [0.15, 0.2) is 42.5 Å². The summed E-state index contributed by atoms with van der Waals surface area (Å²) in [5, 5.41) is 2.73. The van der Waals surface area contributed by atoms with Gasteiger partial charge in [0.2, 0.25) is 0 Å². The van der Waals surface area contributed by atoms with E-state index in [0.29, 0.717) is 11.8 Å². The second kappa shape index (κ2) is 4.75. The lowest BCUT2D eigenvalue weighted by Gasteiger charge is -2.08. The van der Waals surface area contributed by atoms with Gasteiger partial charge in [-0.05, 0) is 16.3 Å². The van der Waals surface area contributed by atoms with Crippen LogP contribution in [-0.4, -0.2) is 11.5 Å². The van der Waals surface area contributed by atoms with E-state index in [2.05, 4.69) is 28.1 Å². The Kier molecular flexibility index (Phi) is 3.37. The first-order valence-corrected chi connectivity index (χ1v) is 6.10. The van der Waals surface area contributed by atoms with Gasteiger partial charge in [0.25, 0.3) is 0 Å². The summed E-state index contributed by atoms with van der Waals surface area (Å²) < 4.78 is 13.3. The molecular formula is C13H12BrF. The topological polar surface area (TPSA) is 0 Å².